The van der Waals surface area contributed by atoms with E-state index < -0.39 is 5.41 Å². The molecule has 0 aliphatic rings. The van der Waals surface area contributed by atoms with Crippen molar-refractivity contribution in [3.05, 3.63) is 28.5 Å². The Bertz CT molecular complexity index is 306. The highest BCUT2D eigenvalue weighted by Crippen LogP contribution is 2.26. The number of hydrogen-bond donors (Lipinski definition) is 2. The van der Waals surface area contributed by atoms with E-state index in [-0.39, 0.29) is 13.2 Å². The number of hydrogen-bond acceptors (Lipinski definition) is 3. The van der Waals surface area contributed by atoms with Gasteiger partial charge >= 0.3 is 0 Å². The van der Waals surface area contributed by atoms with Crippen molar-refractivity contribution < 1.29 is 10.2 Å². The van der Waals surface area contributed by atoms with Crippen LogP contribution >= 0.6 is 15.9 Å². The van der Waals surface area contributed by atoms with Crippen LogP contribution in [-0.2, 0) is 5.41 Å². The number of aliphatic hydroxyl groups excluding tert-OH is 2. The van der Waals surface area contributed by atoms with E-state index in [9.17, 15) is 5.11 Å². The van der Waals surface area contributed by atoms with Crippen molar-refractivity contribution >= 4 is 15.9 Å². The number of pyridine rings is 1. The molecule has 0 fully saturated rings. The zero-order chi connectivity index (χ0) is 10.6. The molecule has 0 aromatic carbocycles. The molecular weight excluding hydrogens is 246 g/mol. The molecule has 1 aromatic rings. The lowest BCUT2D eigenvalue weighted by molar-refractivity contribution is 0.161. The summed E-state index contributed by atoms with van der Waals surface area (Å²) in [4.78, 5) is 4.28. The molecule has 14 heavy (non-hydrogen) atoms. The van der Waals surface area contributed by atoms with Gasteiger partial charge in [-0.15, -0.1) is 0 Å². The van der Waals surface area contributed by atoms with Crippen molar-refractivity contribution in [1.82, 2.24) is 4.98 Å². The smallest absolute Gasteiger partial charge is 0.106 e. The molecule has 1 heterocycles. The van der Waals surface area contributed by atoms with E-state index in [4.69, 9.17) is 5.11 Å². The Balaban J connectivity index is 2.99. The molecule has 0 saturated heterocycles. The number of halogens is 1. The first kappa shape index (κ1) is 11.6. The van der Waals surface area contributed by atoms with Crippen LogP contribution in [0.25, 0.3) is 0 Å². The van der Waals surface area contributed by atoms with Crippen molar-refractivity contribution in [2.24, 2.45) is 0 Å². The third kappa shape index (κ3) is 2.53. The second-order valence-electron chi connectivity index (χ2n) is 3.54. The molecule has 0 saturated carbocycles. The van der Waals surface area contributed by atoms with Crippen LogP contribution in [0.4, 0.5) is 0 Å². The Morgan fingerprint density at radius 3 is 2.64 bits per heavy atom. The van der Waals surface area contributed by atoms with Gasteiger partial charge in [0.1, 0.15) is 4.60 Å². The molecule has 0 aliphatic carbocycles. The number of aliphatic hydroxyl groups is 2. The highest BCUT2D eigenvalue weighted by Gasteiger charge is 2.26. The van der Waals surface area contributed by atoms with Gasteiger partial charge in [-0.2, -0.15) is 0 Å². The number of aromatic nitrogens is 1. The summed E-state index contributed by atoms with van der Waals surface area (Å²) in [5.41, 5.74) is 0.335. The van der Waals surface area contributed by atoms with E-state index in [0.717, 1.165) is 10.3 Å². The second-order valence-corrected chi connectivity index (χ2v) is 4.35. The van der Waals surface area contributed by atoms with Crippen molar-refractivity contribution in [3.8, 4) is 0 Å². The first-order valence-corrected chi connectivity index (χ1v) is 5.26. The lowest BCUT2D eigenvalue weighted by Gasteiger charge is -2.25. The van der Waals surface area contributed by atoms with Crippen LogP contribution < -0.4 is 0 Å². The van der Waals surface area contributed by atoms with E-state index in [1.165, 1.54) is 0 Å². The van der Waals surface area contributed by atoms with Crippen LogP contribution in [0, 0.1) is 0 Å². The first-order valence-electron chi connectivity index (χ1n) is 4.47. The van der Waals surface area contributed by atoms with Crippen molar-refractivity contribution in [2.45, 2.75) is 18.8 Å². The third-order valence-corrected chi connectivity index (χ3v) is 2.79. The summed E-state index contributed by atoms with van der Waals surface area (Å²) in [6.07, 6.45) is 0.507. The number of nitrogens with zero attached hydrogens (tertiary/aromatic N) is 1. The topological polar surface area (TPSA) is 53.4 Å². The molecule has 0 bridgehead atoms. The molecule has 1 rings (SSSR count). The summed E-state index contributed by atoms with van der Waals surface area (Å²) in [7, 11) is 0. The molecule has 0 radical (unpaired) electrons. The first-order chi connectivity index (χ1) is 6.62. The molecule has 0 aliphatic heterocycles. The van der Waals surface area contributed by atoms with Crippen LogP contribution in [0.3, 0.4) is 0 Å². The predicted octanol–water partition coefficient (Wildman–Crippen LogP) is 1.48. The van der Waals surface area contributed by atoms with Gasteiger partial charge in [0.15, 0.2) is 0 Å². The maximum absolute atomic E-state index is 9.29. The van der Waals surface area contributed by atoms with E-state index in [1.807, 2.05) is 25.1 Å². The summed E-state index contributed by atoms with van der Waals surface area (Å²) in [6, 6.07) is 5.56. The van der Waals surface area contributed by atoms with Gasteiger partial charge in [0.05, 0.1) is 6.61 Å². The van der Waals surface area contributed by atoms with Gasteiger partial charge in [0.25, 0.3) is 0 Å². The second kappa shape index (κ2) is 4.87. The minimum Gasteiger partial charge on any atom is -0.396 e. The molecule has 3 nitrogen and oxygen atoms in total. The Labute approximate surface area is 91.9 Å². The lowest BCUT2D eigenvalue weighted by atomic mass is 9.84. The number of rotatable bonds is 4. The van der Waals surface area contributed by atoms with E-state index in [1.54, 1.807) is 0 Å². The molecule has 1 atom stereocenters. The monoisotopic (exact) mass is 259 g/mol. The predicted molar refractivity (Wildman–Crippen MR) is 58.1 cm³/mol. The minimum absolute atomic E-state index is 0.0169. The molecule has 4 heteroatoms. The Kier molecular flexibility index (Phi) is 4.04. The SMILES string of the molecule is CC(CO)(CCO)c1cccc(Br)n1. The van der Waals surface area contributed by atoms with Gasteiger partial charge in [-0.1, -0.05) is 13.0 Å². The van der Waals surface area contributed by atoms with Crippen molar-refractivity contribution in [2.75, 3.05) is 13.2 Å². The largest absolute Gasteiger partial charge is 0.396 e. The fourth-order valence-corrected chi connectivity index (χ4v) is 1.62. The quantitative estimate of drug-likeness (QED) is 0.806. The standard InChI is InChI=1S/C10H14BrNO2/c1-10(7-14,5-6-13)8-3-2-4-9(11)12-8/h2-4,13-14H,5-7H2,1H3. The van der Waals surface area contributed by atoms with Crippen LogP contribution in [0.15, 0.2) is 22.8 Å². The highest BCUT2D eigenvalue weighted by atomic mass is 79.9. The van der Waals surface area contributed by atoms with Crippen molar-refractivity contribution in [3.63, 3.8) is 0 Å². The van der Waals surface area contributed by atoms with Gasteiger partial charge < -0.3 is 10.2 Å². The van der Waals surface area contributed by atoms with Gasteiger partial charge in [0, 0.05) is 17.7 Å². The summed E-state index contributed by atoms with van der Waals surface area (Å²) < 4.78 is 0.743. The molecular formula is C10H14BrNO2. The minimum atomic E-state index is -0.460. The van der Waals surface area contributed by atoms with Gasteiger partial charge in [0.2, 0.25) is 0 Å². The van der Waals surface area contributed by atoms with Crippen LogP contribution in [-0.4, -0.2) is 28.4 Å². The fraction of sp³-hybridized carbons (Fsp3) is 0.500. The van der Waals surface area contributed by atoms with Crippen LogP contribution in [0.1, 0.15) is 19.0 Å². The van der Waals surface area contributed by atoms with Gasteiger partial charge in [-0.3, -0.25) is 0 Å². The van der Waals surface area contributed by atoms with Crippen LogP contribution in [0.2, 0.25) is 0 Å². The average molecular weight is 260 g/mol. The zero-order valence-corrected chi connectivity index (χ0v) is 9.66. The molecule has 1 aromatic heterocycles. The van der Waals surface area contributed by atoms with E-state index in [2.05, 4.69) is 20.9 Å². The van der Waals surface area contributed by atoms with Crippen molar-refractivity contribution in [1.29, 1.82) is 0 Å². The average Bonchev–Trinajstić information content (AvgIpc) is 2.18. The summed E-state index contributed by atoms with van der Waals surface area (Å²) in [5, 5.41) is 18.2. The summed E-state index contributed by atoms with van der Waals surface area (Å²) in [5.74, 6) is 0. The van der Waals surface area contributed by atoms with Gasteiger partial charge in [-0.05, 0) is 34.5 Å². The highest BCUT2D eigenvalue weighted by molar-refractivity contribution is 9.10. The van der Waals surface area contributed by atoms with Crippen LogP contribution in [0.5, 0.6) is 0 Å². The molecule has 0 spiro atoms. The molecule has 2 N–H and O–H groups in total. The Morgan fingerprint density at radius 2 is 2.14 bits per heavy atom. The molecule has 78 valence electrons. The fourth-order valence-electron chi connectivity index (χ4n) is 1.28. The maximum Gasteiger partial charge on any atom is 0.106 e. The van der Waals surface area contributed by atoms with Gasteiger partial charge in [-0.25, -0.2) is 4.98 Å². The Hall–Kier alpha value is -0.450. The maximum atomic E-state index is 9.29. The Morgan fingerprint density at radius 1 is 1.43 bits per heavy atom. The zero-order valence-electron chi connectivity index (χ0n) is 8.07. The molecule has 0 amide bonds. The normalized spacial score (nSPS) is 15.1. The molecule has 1 unspecified atom stereocenters. The van der Waals surface area contributed by atoms with E-state index in [0.29, 0.717) is 6.42 Å². The lowest BCUT2D eigenvalue weighted by Crippen LogP contribution is -2.29. The summed E-state index contributed by atoms with van der Waals surface area (Å²) >= 11 is 3.28. The van der Waals surface area contributed by atoms with E-state index >= 15 is 0 Å². The summed E-state index contributed by atoms with van der Waals surface area (Å²) in [6.45, 7) is 1.92. The third-order valence-electron chi connectivity index (χ3n) is 2.35.